The van der Waals surface area contributed by atoms with Gasteiger partial charge in [0.05, 0.1) is 0 Å². The summed E-state index contributed by atoms with van der Waals surface area (Å²) < 4.78 is 5.78. The highest BCUT2D eigenvalue weighted by atomic mass is 16.3. The zero-order valence-electron chi connectivity index (χ0n) is 23.7. The number of furan rings is 1. The van der Waals surface area contributed by atoms with Crippen LogP contribution in [0.25, 0.3) is 55.0 Å². The Bertz CT molecular complexity index is 2010. The molecule has 0 N–H and O–H groups in total. The average molecular weight is 520 g/mol. The average Bonchev–Trinajstić information content (AvgIpc) is 3.34. The first-order chi connectivity index (χ1) is 19.4. The topological polar surface area (TPSA) is 26.0 Å². The lowest BCUT2D eigenvalue weighted by Crippen LogP contribution is -1.95. The van der Waals surface area contributed by atoms with Crippen LogP contribution in [0.4, 0.5) is 0 Å². The van der Waals surface area contributed by atoms with Crippen molar-refractivity contribution in [3.63, 3.8) is 0 Å². The van der Waals surface area contributed by atoms with E-state index < -0.39 is 0 Å². The van der Waals surface area contributed by atoms with Crippen LogP contribution >= 0.6 is 0 Å². The van der Waals surface area contributed by atoms with Crippen molar-refractivity contribution in [3.05, 3.63) is 137 Å². The minimum Gasteiger partial charge on any atom is -0.456 e. The number of hydrogen-bond acceptors (Lipinski definition) is 2. The molecule has 0 aliphatic rings. The van der Waals surface area contributed by atoms with Gasteiger partial charge >= 0.3 is 0 Å². The molecule has 0 unspecified atom stereocenters. The first-order valence-corrected chi connectivity index (χ1v) is 13.8. The van der Waals surface area contributed by atoms with Crippen LogP contribution in [0.5, 0.6) is 0 Å². The van der Waals surface area contributed by atoms with Crippen LogP contribution in [0.1, 0.15) is 27.8 Å². The summed E-state index contributed by atoms with van der Waals surface area (Å²) >= 11 is 0. The van der Waals surface area contributed by atoms with Crippen LogP contribution in [0.2, 0.25) is 0 Å². The van der Waals surface area contributed by atoms with Gasteiger partial charge in [0.2, 0.25) is 0 Å². The molecule has 0 radical (unpaired) electrons. The molecular weight excluding hydrogens is 486 g/mol. The normalized spacial score (nSPS) is 11.1. The third-order valence-corrected chi connectivity index (χ3v) is 7.91. The van der Waals surface area contributed by atoms with E-state index in [-0.39, 0.29) is 0 Å². The van der Waals surface area contributed by atoms with Gasteiger partial charge in [-0.25, -0.2) is 0 Å². The molecule has 7 aromatic rings. The maximum atomic E-state index is 5.78. The Morgan fingerprint density at radius 3 is 1.95 bits per heavy atom. The van der Waals surface area contributed by atoms with Crippen molar-refractivity contribution in [2.24, 2.45) is 0 Å². The van der Waals surface area contributed by atoms with Crippen molar-refractivity contribution in [2.45, 2.75) is 34.6 Å². The van der Waals surface area contributed by atoms with Crippen molar-refractivity contribution in [1.29, 1.82) is 0 Å². The van der Waals surface area contributed by atoms with Gasteiger partial charge in [-0.15, -0.1) is 0 Å². The lowest BCUT2D eigenvalue weighted by molar-refractivity contribution is 0.666. The lowest BCUT2D eigenvalue weighted by atomic mass is 9.85. The number of benzene rings is 5. The van der Waals surface area contributed by atoms with Crippen molar-refractivity contribution in [2.75, 3.05) is 0 Å². The molecule has 196 valence electrons. The molecule has 7 rings (SSSR count). The van der Waals surface area contributed by atoms with Crippen LogP contribution in [0.3, 0.4) is 0 Å². The summed E-state index contributed by atoms with van der Waals surface area (Å²) in [5, 5.41) is 5.05. The Hall–Kier alpha value is -4.69. The molecule has 0 atom stereocenters. The van der Waals surface area contributed by atoms with Crippen LogP contribution in [-0.4, -0.2) is 4.98 Å². The molecule has 5 aromatic carbocycles. The van der Waals surface area contributed by atoms with E-state index in [1.54, 1.807) is 0 Å². The molecule has 0 bridgehead atoms. The second-order valence-electron chi connectivity index (χ2n) is 10.7. The van der Waals surface area contributed by atoms with E-state index in [1.807, 2.05) is 30.6 Å². The van der Waals surface area contributed by atoms with E-state index in [2.05, 4.69) is 118 Å². The van der Waals surface area contributed by atoms with E-state index in [0.29, 0.717) is 0 Å². The molecule has 0 aliphatic heterocycles. The van der Waals surface area contributed by atoms with Crippen LogP contribution in [0, 0.1) is 34.6 Å². The standard InChI is InChI=1S/C25H23N.C13H10O/c1-16-8-5-6-10-20(16)22-14-19(4)25(23-15-26-13-12-17(23)2)21-11-7-9-18(3)24(21)22;1-9-5-4-7-11-10-6-2-3-8-12(10)14-13(9)11/h5-15H,1-4H3;2-8H,1H3. The number of para-hydroxylation sites is 2. The van der Waals surface area contributed by atoms with Gasteiger partial charge in [-0.3, -0.25) is 4.98 Å². The molecule has 0 saturated carbocycles. The second-order valence-corrected chi connectivity index (χ2v) is 10.7. The predicted octanol–water partition coefficient (Wildman–Crippen LogP) is 10.7. The fourth-order valence-electron chi connectivity index (χ4n) is 5.87. The Morgan fingerprint density at radius 2 is 1.15 bits per heavy atom. The van der Waals surface area contributed by atoms with Crippen LogP contribution in [-0.2, 0) is 0 Å². The van der Waals surface area contributed by atoms with E-state index >= 15 is 0 Å². The molecule has 2 heteroatoms. The van der Waals surface area contributed by atoms with Crippen molar-refractivity contribution < 1.29 is 4.42 Å². The highest BCUT2D eigenvalue weighted by molar-refractivity contribution is 6.08. The summed E-state index contributed by atoms with van der Waals surface area (Å²) in [5.41, 5.74) is 13.5. The van der Waals surface area contributed by atoms with Gasteiger partial charge in [-0.1, -0.05) is 84.9 Å². The number of pyridine rings is 1. The molecule has 0 amide bonds. The lowest BCUT2D eigenvalue weighted by Gasteiger charge is -2.19. The first-order valence-electron chi connectivity index (χ1n) is 13.8. The summed E-state index contributed by atoms with van der Waals surface area (Å²) in [5.74, 6) is 0. The highest BCUT2D eigenvalue weighted by Crippen LogP contribution is 2.41. The van der Waals surface area contributed by atoms with E-state index in [4.69, 9.17) is 4.42 Å². The van der Waals surface area contributed by atoms with E-state index in [9.17, 15) is 0 Å². The summed E-state index contributed by atoms with van der Waals surface area (Å²) in [6, 6.07) is 34.1. The minimum atomic E-state index is 0.969. The second kappa shape index (κ2) is 10.5. The summed E-state index contributed by atoms with van der Waals surface area (Å²) in [6.07, 6.45) is 3.86. The summed E-state index contributed by atoms with van der Waals surface area (Å²) in [6.45, 7) is 10.8. The van der Waals surface area contributed by atoms with E-state index in [0.717, 1.165) is 11.2 Å². The molecule has 0 spiro atoms. The SMILES string of the molecule is Cc1cccc2c1oc1ccccc12.Cc1ccncc1-c1c(C)cc(-c2ccccc2C)c2c(C)cccc12. The smallest absolute Gasteiger partial charge is 0.138 e. The van der Waals surface area contributed by atoms with Crippen molar-refractivity contribution in [1.82, 2.24) is 4.98 Å². The van der Waals surface area contributed by atoms with Gasteiger partial charge < -0.3 is 4.42 Å². The number of rotatable bonds is 2. The number of fused-ring (bicyclic) bond motifs is 4. The van der Waals surface area contributed by atoms with Gasteiger partial charge in [0.15, 0.2) is 0 Å². The third kappa shape index (κ3) is 4.46. The number of nitrogens with zero attached hydrogens (tertiary/aromatic N) is 1. The number of aromatic nitrogens is 1. The van der Waals surface area contributed by atoms with Crippen LogP contribution in [0.15, 0.2) is 114 Å². The first kappa shape index (κ1) is 25.6. The highest BCUT2D eigenvalue weighted by Gasteiger charge is 2.16. The maximum Gasteiger partial charge on any atom is 0.138 e. The van der Waals surface area contributed by atoms with Gasteiger partial charge in [0.25, 0.3) is 0 Å². The quantitative estimate of drug-likeness (QED) is 0.227. The molecule has 0 aliphatic carbocycles. The zero-order valence-corrected chi connectivity index (χ0v) is 23.7. The Labute approximate surface area is 235 Å². The van der Waals surface area contributed by atoms with Crippen molar-refractivity contribution >= 4 is 32.7 Å². The van der Waals surface area contributed by atoms with Gasteiger partial charge in [-0.2, -0.15) is 0 Å². The fraction of sp³-hybridized carbons (Fsp3) is 0.132. The molecule has 40 heavy (non-hydrogen) atoms. The summed E-state index contributed by atoms with van der Waals surface area (Å²) in [4.78, 5) is 4.39. The maximum absolute atomic E-state index is 5.78. The molecular formula is C38H33NO. The molecule has 2 aromatic heterocycles. The molecule has 0 fully saturated rings. The Kier molecular flexibility index (Phi) is 6.69. The van der Waals surface area contributed by atoms with Crippen LogP contribution < -0.4 is 0 Å². The molecule has 0 saturated heterocycles. The third-order valence-electron chi connectivity index (χ3n) is 7.91. The fourth-order valence-corrected chi connectivity index (χ4v) is 5.87. The minimum absolute atomic E-state index is 0.969. The predicted molar refractivity (Wildman–Crippen MR) is 170 cm³/mol. The van der Waals surface area contributed by atoms with E-state index in [1.165, 1.54) is 71.6 Å². The largest absolute Gasteiger partial charge is 0.456 e. The Morgan fingerprint density at radius 1 is 0.500 bits per heavy atom. The molecule has 2 heterocycles. The number of hydrogen-bond donors (Lipinski definition) is 0. The molecule has 2 nitrogen and oxygen atoms in total. The monoisotopic (exact) mass is 519 g/mol. The van der Waals surface area contributed by atoms with Gasteiger partial charge in [0.1, 0.15) is 11.2 Å². The van der Waals surface area contributed by atoms with Gasteiger partial charge in [0, 0.05) is 28.7 Å². The number of aryl methyl sites for hydroxylation is 5. The van der Waals surface area contributed by atoms with Gasteiger partial charge in [-0.05, 0) is 102 Å². The summed E-state index contributed by atoms with van der Waals surface area (Å²) in [7, 11) is 0. The van der Waals surface area contributed by atoms with Crippen molar-refractivity contribution in [3.8, 4) is 22.3 Å². The zero-order chi connectivity index (χ0) is 27.8. The Balaban J connectivity index is 0.000000173.